The molecule has 0 radical (unpaired) electrons. The lowest BCUT2D eigenvalue weighted by atomic mass is 10.1. The number of nitrogens with one attached hydrogen (secondary N) is 1. The van der Waals surface area contributed by atoms with E-state index < -0.39 is 0 Å². The van der Waals surface area contributed by atoms with Crippen LogP contribution in [-0.4, -0.2) is 52.0 Å². The summed E-state index contributed by atoms with van der Waals surface area (Å²) in [6.45, 7) is 7.38. The number of carbonyl (C=O) groups excluding carboxylic acids is 2. The van der Waals surface area contributed by atoms with Gasteiger partial charge in [0, 0.05) is 25.3 Å². The van der Waals surface area contributed by atoms with E-state index in [4.69, 9.17) is 4.74 Å². The summed E-state index contributed by atoms with van der Waals surface area (Å²) in [5.74, 6) is -0.104. The normalized spacial score (nSPS) is 15.3. The maximum atomic E-state index is 12.9. The van der Waals surface area contributed by atoms with Crippen LogP contribution in [0.25, 0.3) is 5.65 Å². The summed E-state index contributed by atoms with van der Waals surface area (Å²) in [6, 6.07) is 4.00. The van der Waals surface area contributed by atoms with Crippen LogP contribution >= 0.6 is 0 Å². The minimum absolute atomic E-state index is 0.0499. The molecule has 0 saturated carbocycles. The van der Waals surface area contributed by atoms with E-state index in [0.29, 0.717) is 31.8 Å². The van der Waals surface area contributed by atoms with Crippen LogP contribution in [0.1, 0.15) is 48.4 Å². The van der Waals surface area contributed by atoms with Crippen molar-refractivity contribution in [1.29, 1.82) is 0 Å². The Bertz CT molecular complexity index is 806. The van der Waals surface area contributed by atoms with Gasteiger partial charge in [-0.15, -0.1) is 0 Å². The zero-order valence-electron chi connectivity index (χ0n) is 15.6. The fourth-order valence-corrected chi connectivity index (χ4v) is 3.36. The number of hydrogen-bond donors (Lipinski definition) is 1. The lowest BCUT2D eigenvalue weighted by Crippen LogP contribution is -2.47. The lowest BCUT2D eigenvalue weighted by Gasteiger charge is -2.31. The minimum Gasteiger partial charge on any atom is -0.450 e. The van der Waals surface area contributed by atoms with Crippen molar-refractivity contribution in [2.45, 2.75) is 46.1 Å². The van der Waals surface area contributed by atoms with E-state index in [1.165, 1.54) is 0 Å². The first kappa shape index (κ1) is 18.2. The number of ether oxygens (including phenoxy) is 1. The average Bonchev–Trinajstić information content (AvgIpc) is 3.00. The Morgan fingerprint density at radius 1 is 1.31 bits per heavy atom. The molecule has 0 aliphatic carbocycles. The Morgan fingerprint density at radius 2 is 2.04 bits per heavy atom. The van der Waals surface area contributed by atoms with E-state index in [9.17, 15) is 9.59 Å². The van der Waals surface area contributed by atoms with Crippen molar-refractivity contribution in [2.24, 2.45) is 0 Å². The number of piperidine rings is 1. The Kier molecular flexibility index (Phi) is 5.44. The SMILES string of the molecule is CCOC(=O)N1CCC(NC(=O)c2c(CC)nc3cc(C)ccn23)CC1. The number of carbonyl (C=O) groups is 2. The number of rotatable bonds is 4. The van der Waals surface area contributed by atoms with Gasteiger partial charge in [0.2, 0.25) is 0 Å². The van der Waals surface area contributed by atoms with Gasteiger partial charge in [0.25, 0.3) is 5.91 Å². The number of imidazole rings is 1. The number of nitrogens with zero attached hydrogens (tertiary/aromatic N) is 3. The highest BCUT2D eigenvalue weighted by Crippen LogP contribution is 2.17. The second kappa shape index (κ2) is 7.76. The van der Waals surface area contributed by atoms with Gasteiger partial charge in [-0.2, -0.15) is 0 Å². The first-order valence-electron chi connectivity index (χ1n) is 9.23. The molecule has 1 fully saturated rings. The first-order valence-corrected chi connectivity index (χ1v) is 9.23. The van der Waals surface area contributed by atoms with Gasteiger partial charge in [0.1, 0.15) is 11.3 Å². The van der Waals surface area contributed by atoms with E-state index >= 15 is 0 Å². The van der Waals surface area contributed by atoms with E-state index in [-0.39, 0.29) is 18.0 Å². The molecule has 7 nitrogen and oxygen atoms in total. The molecule has 1 aliphatic heterocycles. The second-order valence-corrected chi connectivity index (χ2v) is 6.63. The van der Waals surface area contributed by atoms with E-state index in [2.05, 4.69) is 10.3 Å². The Labute approximate surface area is 153 Å². The quantitative estimate of drug-likeness (QED) is 0.911. The van der Waals surface area contributed by atoms with Crippen molar-refractivity contribution in [3.63, 3.8) is 0 Å². The molecule has 3 heterocycles. The minimum atomic E-state index is -0.275. The van der Waals surface area contributed by atoms with Crippen LogP contribution in [0.4, 0.5) is 4.79 Å². The highest BCUT2D eigenvalue weighted by Gasteiger charge is 2.26. The maximum absolute atomic E-state index is 12.9. The molecule has 1 aliphatic rings. The number of fused-ring (bicyclic) bond motifs is 1. The molecule has 26 heavy (non-hydrogen) atoms. The molecule has 0 unspecified atom stereocenters. The number of amides is 2. The second-order valence-electron chi connectivity index (χ2n) is 6.63. The number of hydrogen-bond acceptors (Lipinski definition) is 4. The van der Waals surface area contributed by atoms with Gasteiger partial charge in [-0.05, 0) is 50.8 Å². The van der Waals surface area contributed by atoms with Gasteiger partial charge in [-0.25, -0.2) is 9.78 Å². The van der Waals surface area contributed by atoms with Crippen LogP contribution in [0.3, 0.4) is 0 Å². The summed E-state index contributed by atoms with van der Waals surface area (Å²) in [7, 11) is 0. The zero-order valence-corrected chi connectivity index (χ0v) is 15.6. The third kappa shape index (κ3) is 3.66. The highest BCUT2D eigenvalue weighted by molar-refractivity contribution is 5.95. The van der Waals surface area contributed by atoms with Gasteiger partial charge >= 0.3 is 6.09 Å². The summed E-state index contributed by atoms with van der Waals surface area (Å²) in [5.41, 5.74) is 3.32. The smallest absolute Gasteiger partial charge is 0.409 e. The van der Waals surface area contributed by atoms with Crippen molar-refractivity contribution in [3.8, 4) is 0 Å². The molecule has 0 spiro atoms. The topological polar surface area (TPSA) is 75.9 Å². The van der Waals surface area contributed by atoms with Crippen LogP contribution in [-0.2, 0) is 11.2 Å². The third-order valence-corrected chi connectivity index (χ3v) is 4.76. The fraction of sp³-hybridized carbons (Fsp3) is 0.526. The van der Waals surface area contributed by atoms with Gasteiger partial charge in [-0.1, -0.05) is 6.92 Å². The monoisotopic (exact) mass is 358 g/mol. The summed E-state index contributed by atoms with van der Waals surface area (Å²) in [5, 5.41) is 3.12. The van der Waals surface area contributed by atoms with Crippen molar-refractivity contribution >= 4 is 17.6 Å². The molecular weight excluding hydrogens is 332 g/mol. The predicted molar refractivity (Wildman–Crippen MR) is 98.4 cm³/mol. The molecule has 0 aromatic carbocycles. The molecule has 7 heteroatoms. The van der Waals surface area contributed by atoms with Crippen molar-refractivity contribution < 1.29 is 14.3 Å². The van der Waals surface area contributed by atoms with Crippen LogP contribution in [0, 0.1) is 6.92 Å². The largest absolute Gasteiger partial charge is 0.450 e. The molecule has 2 aromatic heterocycles. The van der Waals surface area contributed by atoms with Crippen LogP contribution in [0.5, 0.6) is 0 Å². The molecule has 140 valence electrons. The molecule has 0 atom stereocenters. The third-order valence-electron chi connectivity index (χ3n) is 4.76. The van der Waals surface area contributed by atoms with E-state index in [1.807, 2.05) is 36.6 Å². The number of aromatic nitrogens is 2. The van der Waals surface area contributed by atoms with E-state index in [1.54, 1.807) is 11.8 Å². The van der Waals surface area contributed by atoms with Gasteiger partial charge in [0.05, 0.1) is 12.3 Å². The molecule has 0 bridgehead atoms. The van der Waals surface area contributed by atoms with Gasteiger partial charge in [0.15, 0.2) is 0 Å². The van der Waals surface area contributed by atoms with Crippen molar-refractivity contribution in [1.82, 2.24) is 19.6 Å². The average molecular weight is 358 g/mol. The van der Waals surface area contributed by atoms with Crippen LogP contribution in [0.15, 0.2) is 18.3 Å². The maximum Gasteiger partial charge on any atom is 0.409 e. The predicted octanol–water partition coefficient (Wildman–Crippen LogP) is 2.56. The van der Waals surface area contributed by atoms with Crippen LogP contribution < -0.4 is 5.32 Å². The molecule has 2 aromatic rings. The van der Waals surface area contributed by atoms with Crippen LogP contribution in [0.2, 0.25) is 0 Å². The number of pyridine rings is 1. The Balaban J connectivity index is 1.69. The number of likely N-dealkylation sites (tertiary alicyclic amines) is 1. The highest BCUT2D eigenvalue weighted by atomic mass is 16.6. The first-order chi connectivity index (χ1) is 12.5. The summed E-state index contributed by atoms with van der Waals surface area (Å²) in [6.07, 6.45) is 3.77. The number of aryl methyl sites for hydroxylation is 2. The summed E-state index contributed by atoms with van der Waals surface area (Å²) >= 11 is 0. The summed E-state index contributed by atoms with van der Waals surface area (Å²) in [4.78, 5) is 31.0. The zero-order chi connectivity index (χ0) is 18.7. The summed E-state index contributed by atoms with van der Waals surface area (Å²) < 4.78 is 6.89. The van der Waals surface area contributed by atoms with E-state index in [0.717, 1.165) is 29.7 Å². The fourth-order valence-electron chi connectivity index (χ4n) is 3.36. The lowest BCUT2D eigenvalue weighted by molar-refractivity contribution is 0.0855. The Morgan fingerprint density at radius 3 is 2.69 bits per heavy atom. The van der Waals surface area contributed by atoms with Crippen molar-refractivity contribution in [3.05, 3.63) is 35.3 Å². The molecule has 3 rings (SSSR count). The Hall–Kier alpha value is -2.57. The molecule has 1 N–H and O–H groups in total. The van der Waals surface area contributed by atoms with Gasteiger partial charge in [-0.3, -0.25) is 9.20 Å². The molecule has 1 saturated heterocycles. The van der Waals surface area contributed by atoms with Gasteiger partial charge < -0.3 is 15.0 Å². The molecule has 2 amide bonds. The molecular formula is C19H26N4O3. The standard InChI is InChI=1S/C19H26N4O3/c1-4-15-17(23-11-6-13(3)12-16(23)21-15)18(24)20-14-7-9-22(10-8-14)19(25)26-5-2/h6,11-12,14H,4-5,7-10H2,1-3H3,(H,20,24). The van der Waals surface area contributed by atoms with Crippen molar-refractivity contribution in [2.75, 3.05) is 19.7 Å².